The Balaban J connectivity index is 1.77. The van der Waals surface area contributed by atoms with Crippen LogP contribution in [-0.2, 0) is 9.59 Å². The summed E-state index contributed by atoms with van der Waals surface area (Å²) in [5.74, 6) is -0.460. The number of likely N-dealkylation sites (tertiary alicyclic amines) is 1. The molecule has 0 radical (unpaired) electrons. The summed E-state index contributed by atoms with van der Waals surface area (Å²) >= 11 is 0. The molecule has 8 nitrogen and oxygen atoms in total. The number of Topliss-reactive ketones (excluding diaryl/α,β-unsaturated/α-hetero) is 1. The lowest BCUT2D eigenvalue weighted by molar-refractivity contribution is -0.858. The Morgan fingerprint density at radius 1 is 1.17 bits per heavy atom. The second kappa shape index (κ2) is 8.16. The molecule has 0 unspecified atom stereocenters. The summed E-state index contributed by atoms with van der Waals surface area (Å²) in [6.45, 7) is 1.38. The summed E-state index contributed by atoms with van der Waals surface area (Å²) in [5.41, 5.74) is 1.19. The molecular weight excluding hydrogens is 386 g/mol. The number of carbonyl (C=O) groups excluding carboxylic acids is 2. The minimum Gasteiger partial charge on any atom is -0.507 e. The third-order valence-corrected chi connectivity index (χ3v) is 5.28. The van der Waals surface area contributed by atoms with Crippen molar-refractivity contribution >= 4 is 17.4 Å². The van der Waals surface area contributed by atoms with Gasteiger partial charge in [0.2, 0.25) is 6.79 Å². The van der Waals surface area contributed by atoms with Crippen molar-refractivity contribution in [2.45, 2.75) is 12.5 Å². The Labute approximate surface area is 174 Å². The van der Waals surface area contributed by atoms with Crippen LogP contribution in [0, 0.1) is 0 Å². The predicted molar refractivity (Wildman–Crippen MR) is 108 cm³/mol. The number of nitrogens with one attached hydrogen (secondary N) is 1. The number of hydrogen-bond donors (Lipinski definition) is 2. The number of ketones is 1. The van der Waals surface area contributed by atoms with Crippen molar-refractivity contribution in [3.63, 3.8) is 0 Å². The van der Waals surface area contributed by atoms with Crippen molar-refractivity contribution < 1.29 is 29.1 Å². The second-order valence-electron chi connectivity index (χ2n) is 7.65. The number of aromatic nitrogens is 1. The number of rotatable bonds is 6. The second-order valence-corrected chi connectivity index (χ2v) is 7.65. The Morgan fingerprint density at radius 2 is 1.90 bits per heavy atom. The molecule has 1 fully saturated rings. The van der Waals surface area contributed by atoms with E-state index in [0.717, 1.165) is 18.5 Å². The van der Waals surface area contributed by atoms with E-state index in [4.69, 9.17) is 9.47 Å². The van der Waals surface area contributed by atoms with Gasteiger partial charge in [-0.15, -0.1) is 0 Å². The highest BCUT2D eigenvalue weighted by molar-refractivity contribution is 6.46. The van der Waals surface area contributed by atoms with Crippen LogP contribution in [0.3, 0.4) is 0 Å². The van der Waals surface area contributed by atoms with Crippen LogP contribution in [0.15, 0.2) is 48.3 Å². The fraction of sp³-hybridized carbons (Fsp3) is 0.318. The van der Waals surface area contributed by atoms with Crippen molar-refractivity contribution in [2.24, 2.45) is 0 Å². The van der Waals surface area contributed by atoms with Gasteiger partial charge >= 0.3 is 0 Å². The molecule has 30 heavy (non-hydrogen) atoms. The number of quaternary nitrogens is 1. The summed E-state index contributed by atoms with van der Waals surface area (Å²) in [5, 5.41) is 11.1. The van der Waals surface area contributed by atoms with Crippen LogP contribution in [0.25, 0.3) is 5.76 Å². The van der Waals surface area contributed by atoms with Gasteiger partial charge in [-0.05, 0) is 35.9 Å². The Kier molecular flexibility index (Phi) is 5.41. The molecule has 1 amide bonds. The van der Waals surface area contributed by atoms with Gasteiger partial charge in [0.05, 0.1) is 32.3 Å². The van der Waals surface area contributed by atoms with Gasteiger partial charge in [-0.25, -0.2) is 0 Å². The summed E-state index contributed by atoms with van der Waals surface area (Å²) in [4.78, 5) is 32.7. The maximum absolute atomic E-state index is 13.0. The lowest BCUT2D eigenvalue weighted by Crippen LogP contribution is -3.05. The average Bonchev–Trinajstić information content (AvgIpc) is 3.31. The van der Waals surface area contributed by atoms with Crippen molar-refractivity contribution in [2.75, 3.05) is 34.0 Å². The van der Waals surface area contributed by atoms with Crippen LogP contribution in [0.5, 0.6) is 11.5 Å². The normalized spacial score (nSPS) is 19.7. The number of aliphatic hydroxyl groups excluding tert-OH is 1. The third-order valence-electron chi connectivity index (χ3n) is 5.28. The lowest BCUT2D eigenvalue weighted by atomic mass is 9.96. The molecule has 156 valence electrons. The number of aliphatic hydroxyl groups is 1. The zero-order chi connectivity index (χ0) is 21.3. The molecule has 1 aromatic carbocycles. The number of benzene rings is 1. The van der Waals surface area contributed by atoms with Crippen LogP contribution in [-0.4, -0.2) is 60.7 Å². The van der Waals surface area contributed by atoms with Crippen LogP contribution >= 0.6 is 0 Å². The molecule has 0 saturated carbocycles. The maximum Gasteiger partial charge on any atom is 0.295 e. The molecule has 4 rings (SSSR count). The average molecular weight is 410 g/mol. The van der Waals surface area contributed by atoms with Gasteiger partial charge in [0.15, 0.2) is 11.5 Å². The third kappa shape index (κ3) is 3.61. The summed E-state index contributed by atoms with van der Waals surface area (Å²) in [6, 6.07) is 7.78. The first kappa shape index (κ1) is 19.9. The van der Waals surface area contributed by atoms with Gasteiger partial charge in [-0.2, -0.15) is 0 Å². The zero-order valence-electron chi connectivity index (χ0n) is 16.9. The SMILES string of the molecule is C[NH+](C)CCCN1C(=O)C(=O)C(=C(O)c2ccc3c(c2)OCO3)[C@@H]1c1ccncc1. The molecule has 1 saturated heterocycles. The van der Waals surface area contributed by atoms with E-state index >= 15 is 0 Å². The van der Waals surface area contributed by atoms with Gasteiger partial charge in [0.25, 0.3) is 11.7 Å². The smallest absolute Gasteiger partial charge is 0.295 e. The number of pyridine rings is 1. The number of carbonyl (C=O) groups is 2. The quantitative estimate of drug-likeness (QED) is 0.415. The van der Waals surface area contributed by atoms with E-state index in [1.807, 2.05) is 14.1 Å². The molecule has 2 aromatic rings. The lowest BCUT2D eigenvalue weighted by Gasteiger charge is -2.25. The Bertz CT molecular complexity index is 1000. The molecule has 2 N–H and O–H groups in total. The summed E-state index contributed by atoms with van der Waals surface area (Å²) in [6.07, 6.45) is 3.96. The van der Waals surface area contributed by atoms with Crippen LogP contribution in [0.1, 0.15) is 23.6 Å². The maximum atomic E-state index is 13.0. The summed E-state index contributed by atoms with van der Waals surface area (Å²) in [7, 11) is 4.07. The van der Waals surface area contributed by atoms with Gasteiger partial charge in [0, 0.05) is 30.9 Å². The van der Waals surface area contributed by atoms with Gasteiger partial charge < -0.3 is 24.4 Å². The van der Waals surface area contributed by atoms with E-state index < -0.39 is 17.7 Å². The topological polar surface area (TPSA) is 93.4 Å². The standard InChI is InChI=1S/C22H23N3O5/c1-24(2)10-3-11-25-19(14-6-8-23-9-7-14)18(21(27)22(25)28)20(26)15-4-5-16-17(12-15)30-13-29-16/h4-9,12,19,26H,3,10-11,13H2,1-2H3/p+1/t19-/m0/s1. The van der Waals surface area contributed by atoms with Crippen molar-refractivity contribution in [1.82, 2.24) is 9.88 Å². The Morgan fingerprint density at radius 3 is 2.63 bits per heavy atom. The van der Waals surface area contributed by atoms with E-state index in [-0.39, 0.29) is 18.1 Å². The monoisotopic (exact) mass is 410 g/mol. The van der Waals surface area contributed by atoms with Crippen molar-refractivity contribution in [1.29, 1.82) is 0 Å². The van der Waals surface area contributed by atoms with Gasteiger partial charge in [0.1, 0.15) is 5.76 Å². The fourth-order valence-electron chi connectivity index (χ4n) is 3.81. The number of nitrogens with zero attached hydrogens (tertiary/aromatic N) is 2. The van der Waals surface area contributed by atoms with E-state index in [2.05, 4.69) is 4.98 Å². The summed E-state index contributed by atoms with van der Waals surface area (Å²) < 4.78 is 10.7. The minimum atomic E-state index is -0.691. The van der Waals surface area contributed by atoms with Gasteiger partial charge in [-0.1, -0.05) is 0 Å². The highest BCUT2D eigenvalue weighted by Gasteiger charge is 2.45. The number of ether oxygens (including phenoxy) is 2. The first-order valence-corrected chi connectivity index (χ1v) is 9.84. The molecule has 0 bridgehead atoms. The molecule has 2 aliphatic heterocycles. The van der Waals surface area contributed by atoms with Crippen LogP contribution in [0.4, 0.5) is 0 Å². The van der Waals surface area contributed by atoms with Crippen LogP contribution < -0.4 is 14.4 Å². The molecule has 1 atom stereocenters. The van der Waals surface area contributed by atoms with E-state index in [1.54, 1.807) is 47.6 Å². The van der Waals surface area contributed by atoms with Crippen molar-refractivity contribution in [3.05, 3.63) is 59.4 Å². The molecular formula is C22H24N3O5+. The Hall–Kier alpha value is -3.39. The molecule has 0 spiro atoms. The predicted octanol–water partition coefficient (Wildman–Crippen LogP) is 0.767. The highest BCUT2D eigenvalue weighted by Crippen LogP contribution is 2.41. The molecule has 8 heteroatoms. The molecule has 1 aromatic heterocycles. The number of hydrogen-bond acceptors (Lipinski definition) is 6. The zero-order valence-corrected chi connectivity index (χ0v) is 16.9. The van der Waals surface area contributed by atoms with Crippen LogP contribution in [0.2, 0.25) is 0 Å². The number of fused-ring (bicyclic) bond motifs is 1. The number of amides is 1. The van der Waals surface area contributed by atoms with Gasteiger partial charge in [-0.3, -0.25) is 14.6 Å². The molecule has 0 aliphatic carbocycles. The molecule has 2 aliphatic rings. The van der Waals surface area contributed by atoms with E-state index in [1.165, 1.54) is 4.90 Å². The van der Waals surface area contributed by atoms with E-state index in [0.29, 0.717) is 23.6 Å². The minimum absolute atomic E-state index is 0.0715. The first-order chi connectivity index (χ1) is 14.5. The highest BCUT2D eigenvalue weighted by atomic mass is 16.7. The first-order valence-electron chi connectivity index (χ1n) is 9.84. The largest absolute Gasteiger partial charge is 0.507 e. The molecule has 3 heterocycles. The van der Waals surface area contributed by atoms with E-state index in [9.17, 15) is 14.7 Å². The fourth-order valence-corrected chi connectivity index (χ4v) is 3.81. The van der Waals surface area contributed by atoms with Crippen molar-refractivity contribution in [3.8, 4) is 11.5 Å².